The summed E-state index contributed by atoms with van der Waals surface area (Å²) in [4.78, 5) is 54.8. The highest BCUT2D eigenvalue weighted by molar-refractivity contribution is 8.00. The number of halogens is 3. The van der Waals surface area contributed by atoms with E-state index in [1.807, 2.05) is 13.0 Å². The Morgan fingerprint density at radius 1 is 0.929 bits per heavy atom. The molecule has 4 aromatic rings. The predicted molar refractivity (Wildman–Crippen MR) is 154 cm³/mol. The van der Waals surface area contributed by atoms with Gasteiger partial charge in [0.15, 0.2) is 0 Å². The van der Waals surface area contributed by atoms with Crippen LogP contribution in [0.25, 0.3) is 0 Å². The number of benzene rings is 3. The van der Waals surface area contributed by atoms with E-state index in [1.165, 1.54) is 10.6 Å². The van der Waals surface area contributed by atoms with Crippen LogP contribution < -0.4 is 15.1 Å². The quantitative estimate of drug-likeness (QED) is 0.295. The number of anilines is 2. The van der Waals surface area contributed by atoms with E-state index in [9.17, 15) is 32.3 Å². The molecule has 1 saturated heterocycles. The molecule has 6 rings (SSSR count). The zero-order valence-corrected chi connectivity index (χ0v) is 23.6. The van der Waals surface area contributed by atoms with Gasteiger partial charge in [-0.15, -0.1) is 0 Å². The number of aryl methyl sites for hydroxylation is 1. The van der Waals surface area contributed by atoms with E-state index in [1.54, 1.807) is 48.5 Å². The Morgan fingerprint density at radius 2 is 1.67 bits per heavy atom. The lowest BCUT2D eigenvalue weighted by Crippen LogP contribution is -2.33. The monoisotopic (exact) mass is 609 g/mol. The van der Waals surface area contributed by atoms with Gasteiger partial charge in [-0.25, -0.2) is 4.90 Å². The highest BCUT2D eigenvalue weighted by atomic mass is 32.2. The lowest BCUT2D eigenvalue weighted by molar-refractivity contribution is -0.137. The first-order valence-corrected chi connectivity index (χ1v) is 14.6. The van der Waals surface area contributed by atoms with Crippen LogP contribution in [0, 0.1) is 12.8 Å². The molecule has 2 aliphatic rings. The van der Waals surface area contributed by atoms with E-state index < -0.39 is 51.4 Å². The number of rotatable bonds is 5. The maximum Gasteiger partial charge on any atom is 0.416 e. The van der Waals surface area contributed by atoms with Crippen LogP contribution in [-0.2, 0) is 27.1 Å². The van der Waals surface area contributed by atoms with Crippen LogP contribution in [0.4, 0.5) is 24.5 Å². The highest BCUT2D eigenvalue weighted by Gasteiger charge is 2.57. The number of carbonyl (C=O) groups excluding carboxylic acids is 3. The Kier molecular flexibility index (Phi) is 7.06. The molecular formula is C30H22F3N3O4S2. The van der Waals surface area contributed by atoms with Crippen molar-refractivity contribution < 1.29 is 27.6 Å². The summed E-state index contributed by atoms with van der Waals surface area (Å²) < 4.78 is 41.7. The number of thiazole rings is 1. The van der Waals surface area contributed by atoms with Crippen LogP contribution in [0.1, 0.15) is 27.5 Å². The molecule has 3 aromatic carbocycles. The third kappa shape index (κ3) is 4.94. The number of nitrogens with zero attached hydrogens (tertiary/aromatic N) is 2. The molecule has 7 nitrogen and oxygen atoms in total. The number of amides is 3. The second kappa shape index (κ2) is 10.6. The normalized spacial score (nSPS) is 19.9. The third-order valence-corrected chi connectivity index (χ3v) is 9.85. The number of fused-ring (bicyclic) bond motifs is 2. The summed E-state index contributed by atoms with van der Waals surface area (Å²) in [5, 5.41) is 2.17. The van der Waals surface area contributed by atoms with E-state index >= 15 is 0 Å². The number of hydrogen-bond donors (Lipinski definition) is 1. The molecule has 1 fully saturated rings. The largest absolute Gasteiger partial charge is 0.416 e. The maximum absolute atomic E-state index is 13.9. The molecule has 0 unspecified atom stereocenters. The zero-order chi connectivity index (χ0) is 29.8. The van der Waals surface area contributed by atoms with Crippen molar-refractivity contribution in [3.05, 3.63) is 110 Å². The summed E-state index contributed by atoms with van der Waals surface area (Å²) >= 11 is 1.90. The van der Waals surface area contributed by atoms with Gasteiger partial charge in [-0.2, -0.15) is 13.2 Å². The van der Waals surface area contributed by atoms with Gasteiger partial charge in [0, 0.05) is 16.5 Å². The van der Waals surface area contributed by atoms with Gasteiger partial charge < -0.3 is 5.32 Å². The standard InChI is InChI=1S/C30H22F3N3O4S2/c1-16-7-5-11-19(13-16)34-21(37)15-35-28-25(42-29(35)40)22(17-8-3-2-4-9-17)23-24(41-28)27(39)36(26(23)38)20-12-6-10-18(14-20)30(31,32)33/h2-14,22-24H,15H2,1H3,(H,34,37)/t22-,23-,24+/m0/s1. The van der Waals surface area contributed by atoms with Gasteiger partial charge in [0.2, 0.25) is 17.7 Å². The van der Waals surface area contributed by atoms with Crippen molar-refractivity contribution in [2.75, 3.05) is 10.2 Å². The van der Waals surface area contributed by atoms with Gasteiger partial charge in [-0.3, -0.25) is 23.7 Å². The number of imide groups is 1. The fourth-order valence-corrected chi connectivity index (χ4v) is 8.19. The fraction of sp³-hybridized carbons (Fsp3) is 0.200. The maximum atomic E-state index is 13.9. The van der Waals surface area contributed by atoms with Crippen LogP contribution in [0.15, 0.2) is 88.7 Å². The number of carbonyl (C=O) groups is 3. The van der Waals surface area contributed by atoms with E-state index in [2.05, 4.69) is 5.32 Å². The SMILES string of the molecule is Cc1cccc(NC(=O)Cn2c3c(sc2=O)[C@@H](c2ccccc2)[C@@H]2C(=O)N(c4cccc(C(F)(F)F)c4)C(=O)[C@@H]2S3)c1. The zero-order valence-electron chi connectivity index (χ0n) is 21.9. The molecule has 0 bridgehead atoms. The molecule has 3 amide bonds. The lowest BCUT2D eigenvalue weighted by atomic mass is 9.83. The molecule has 0 aliphatic carbocycles. The molecule has 3 heterocycles. The first-order chi connectivity index (χ1) is 20.0. The Hall–Kier alpha value is -4.16. The van der Waals surface area contributed by atoms with Gasteiger partial charge >= 0.3 is 11.0 Å². The van der Waals surface area contributed by atoms with Crippen molar-refractivity contribution in [2.24, 2.45) is 5.92 Å². The van der Waals surface area contributed by atoms with Gasteiger partial charge in [-0.05, 0) is 48.4 Å². The molecule has 0 radical (unpaired) electrons. The van der Waals surface area contributed by atoms with Crippen molar-refractivity contribution in [1.29, 1.82) is 0 Å². The van der Waals surface area contributed by atoms with Crippen molar-refractivity contribution in [3.8, 4) is 0 Å². The molecule has 0 saturated carbocycles. The molecule has 3 atom stereocenters. The number of hydrogen-bond acceptors (Lipinski definition) is 6. The first-order valence-electron chi connectivity index (χ1n) is 12.9. The number of aromatic nitrogens is 1. The van der Waals surface area contributed by atoms with Crippen molar-refractivity contribution in [3.63, 3.8) is 0 Å². The molecule has 42 heavy (non-hydrogen) atoms. The summed E-state index contributed by atoms with van der Waals surface area (Å²) in [6.45, 7) is 1.57. The third-order valence-electron chi connectivity index (χ3n) is 7.24. The minimum atomic E-state index is -4.66. The lowest BCUT2D eigenvalue weighted by Gasteiger charge is -2.30. The van der Waals surface area contributed by atoms with Gasteiger partial charge in [-0.1, -0.05) is 71.6 Å². The number of alkyl halides is 3. The highest BCUT2D eigenvalue weighted by Crippen LogP contribution is 2.54. The van der Waals surface area contributed by atoms with Crippen LogP contribution in [0.5, 0.6) is 0 Å². The molecule has 12 heteroatoms. The summed E-state index contributed by atoms with van der Waals surface area (Å²) in [5.74, 6) is -3.42. The van der Waals surface area contributed by atoms with Crippen molar-refractivity contribution in [2.45, 2.75) is 35.8 Å². The first kappa shape index (κ1) is 28.0. The second-order valence-corrected chi connectivity index (χ2v) is 12.2. The van der Waals surface area contributed by atoms with E-state index in [0.717, 1.165) is 51.8 Å². The number of nitrogens with one attached hydrogen (secondary N) is 1. The van der Waals surface area contributed by atoms with Gasteiger partial charge in [0.05, 0.1) is 22.2 Å². The second-order valence-electron chi connectivity index (χ2n) is 10.1. The Balaban J connectivity index is 1.40. The van der Waals surface area contributed by atoms with Crippen LogP contribution >= 0.6 is 23.1 Å². The topological polar surface area (TPSA) is 88.5 Å². The van der Waals surface area contributed by atoms with Gasteiger partial charge in [0.1, 0.15) is 11.8 Å². The molecule has 0 spiro atoms. The van der Waals surface area contributed by atoms with Crippen LogP contribution in [-0.4, -0.2) is 27.5 Å². The van der Waals surface area contributed by atoms with E-state index in [4.69, 9.17) is 0 Å². The van der Waals surface area contributed by atoms with Crippen LogP contribution in [0.2, 0.25) is 0 Å². The molecule has 1 N–H and O–H groups in total. The average molecular weight is 610 g/mol. The minimum absolute atomic E-state index is 0.167. The van der Waals surface area contributed by atoms with Gasteiger partial charge in [0.25, 0.3) is 0 Å². The summed E-state index contributed by atoms with van der Waals surface area (Å²) in [6.07, 6.45) is -4.66. The average Bonchev–Trinajstić information content (AvgIpc) is 3.39. The summed E-state index contributed by atoms with van der Waals surface area (Å²) in [7, 11) is 0. The van der Waals surface area contributed by atoms with Crippen LogP contribution in [0.3, 0.4) is 0 Å². The Labute approximate surface area is 246 Å². The van der Waals surface area contributed by atoms with Crippen molar-refractivity contribution in [1.82, 2.24) is 4.57 Å². The smallest absolute Gasteiger partial charge is 0.325 e. The van der Waals surface area contributed by atoms with E-state index in [-0.39, 0.29) is 12.2 Å². The van der Waals surface area contributed by atoms with E-state index in [0.29, 0.717) is 21.2 Å². The fourth-order valence-electron chi connectivity index (χ4n) is 5.42. The molecule has 214 valence electrons. The summed E-state index contributed by atoms with van der Waals surface area (Å²) in [5.41, 5.74) is 1.05. The molecule has 1 aromatic heterocycles. The number of thioether (sulfide) groups is 1. The summed E-state index contributed by atoms with van der Waals surface area (Å²) in [6, 6.07) is 20.2. The molecular weight excluding hydrogens is 587 g/mol. The van der Waals surface area contributed by atoms with Crippen molar-refractivity contribution >= 4 is 52.2 Å². The molecule has 2 aliphatic heterocycles. The Morgan fingerprint density at radius 3 is 2.38 bits per heavy atom. The predicted octanol–water partition coefficient (Wildman–Crippen LogP) is 5.67. The Bertz CT molecular complexity index is 1780. The minimum Gasteiger partial charge on any atom is -0.325 e.